The minimum Gasteiger partial charge on any atom is -0.481 e. The smallest absolute Gasteiger partial charge is 0.147 e. The molecule has 1 unspecified atom stereocenters. The highest BCUT2D eigenvalue weighted by Gasteiger charge is 2.26. The Morgan fingerprint density at radius 1 is 0.897 bits per heavy atom. The first-order valence-corrected chi connectivity index (χ1v) is 9.92. The number of aryl methyl sites for hydroxylation is 1. The summed E-state index contributed by atoms with van der Waals surface area (Å²) in [5.74, 6) is 0.785. The standard InChI is InChI=1S/C25H19ClN2O/c1-17-11-13-18(14-12-17)25-21(16-28(27-25)19-7-3-2-4-8-19)24-15-22(26)20-9-5-6-10-23(20)29-24/h2-16,24H,1H3. The van der Waals surface area contributed by atoms with Crippen LogP contribution >= 0.6 is 11.6 Å². The summed E-state index contributed by atoms with van der Waals surface area (Å²) >= 11 is 6.59. The first-order valence-electron chi connectivity index (χ1n) is 9.54. The van der Waals surface area contributed by atoms with Crippen LogP contribution in [-0.2, 0) is 0 Å². The molecule has 142 valence electrons. The minimum atomic E-state index is -0.314. The van der Waals surface area contributed by atoms with Crippen molar-refractivity contribution in [2.75, 3.05) is 0 Å². The molecule has 0 bridgehead atoms. The van der Waals surface area contributed by atoms with E-state index in [-0.39, 0.29) is 6.10 Å². The molecule has 0 radical (unpaired) electrons. The van der Waals surface area contributed by atoms with E-state index in [1.807, 2.05) is 71.6 Å². The lowest BCUT2D eigenvalue weighted by Crippen LogP contribution is -2.10. The third kappa shape index (κ3) is 3.34. The first-order chi connectivity index (χ1) is 14.2. The van der Waals surface area contributed by atoms with E-state index in [1.165, 1.54) is 5.56 Å². The summed E-state index contributed by atoms with van der Waals surface area (Å²) in [6, 6.07) is 26.3. The van der Waals surface area contributed by atoms with Gasteiger partial charge in [0.05, 0.1) is 16.4 Å². The first kappa shape index (κ1) is 17.8. The monoisotopic (exact) mass is 398 g/mol. The fourth-order valence-corrected chi connectivity index (χ4v) is 3.83. The molecule has 1 aliphatic heterocycles. The van der Waals surface area contributed by atoms with Gasteiger partial charge >= 0.3 is 0 Å². The number of halogens is 1. The highest BCUT2D eigenvalue weighted by molar-refractivity contribution is 6.49. The molecule has 4 aromatic rings. The van der Waals surface area contributed by atoms with E-state index in [4.69, 9.17) is 21.4 Å². The molecular weight excluding hydrogens is 380 g/mol. The molecule has 4 heteroatoms. The van der Waals surface area contributed by atoms with Crippen LogP contribution < -0.4 is 4.74 Å². The summed E-state index contributed by atoms with van der Waals surface area (Å²) in [6.45, 7) is 2.08. The Balaban J connectivity index is 1.65. The van der Waals surface area contributed by atoms with Crippen molar-refractivity contribution in [3.05, 3.63) is 108 Å². The van der Waals surface area contributed by atoms with Gasteiger partial charge in [0.25, 0.3) is 0 Å². The van der Waals surface area contributed by atoms with Gasteiger partial charge in [-0.3, -0.25) is 0 Å². The Morgan fingerprint density at radius 2 is 1.62 bits per heavy atom. The molecule has 0 amide bonds. The van der Waals surface area contributed by atoms with Crippen LogP contribution in [0.2, 0.25) is 0 Å². The van der Waals surface area contributed by atoms with Crippen LogP contribution in [0.15, 0.2) is 91.1 Å². The molecule has 1 atom stereocenters. The van der Waals surface area contributed by atoms with Crippen molar-refractivity contribution in [3.63, 3.8) is 0 Å². The molecule has 1 aromatic heterocycles. The van der Waals surface area contributed by atoms with E-state index in [1.54, 1.807) is 0 Å². The summed E-state index contributed by atoms with van der Waals surface area (Å²) in [7, 11) is 0. The van der Waals surface area contributed by atoms with Gasteiger partial charge in [0.15, 0.2) is 0 Å². The van der Waals surface area contributed by atoms with E-state index in [2.05, 4.69) is 31.2 Å². The molecular formula is C25H19ClN2O. The molecule has 29 heavy (non-hydrogen) atoms. The second-order valence-electron chi connectivity index (χ2n) is 7.13. The highest BCUT2D eigenvalue weighted by Crippen LogP contribution is 2.41. The van der Waals surface area contributed by atoms with Gasteiger partial charge in [0.1, 0.15) is 11.9 Å². The highest BCUT2D eigenvalue weighted by atomic mass is 35.5. The molecule has 0 saturated carbocycles. The van der Waals surface area contributed by atoms with E-state index in [9.17, 15) is 0 Å². The summed E-state index contributed by atoms with van der Waals surface area (Å²) < 4.78 is 8.21. The normalized spacial score (nSPS) is 15.4. The number of benzene rings is 3. The maximum Gasteiger partial charge on any atom is 0.147 e. The average molecular weight is 399 g/mol. The lowest BCUT2D eigenvalue weighted by atomic mass is 10.0. The van der Waals surface area contributed by atoms with Crippen molar-refractivity contribution in [3.8, 4) is 22.7 Å². The lowest BCUT2D eigenvalue weighted by molar-refractivity contribution is 0.252. The predicted molar refractivity (Wildman–Crippen MR) is 117 cm³/mol. The lowest BCUT2D eigenvalue weighted by Gasteiger charge is -2.23. The molecule has 0 spiro atoms. The van der Waals surface area contributed by atoms with Crippen LogP contribution in [0.4, 0.5) is 0 Å². The van der Waals surface area contributed by atoms with Gasteiger partial charge in [-0.1, -0.05) is 71.8 Å². The minimum absolute atomic E-state index is 0.314. The summed E-state index contributed by atoms with van der Waals surface area (Å²) in [6.07, 6.45) is 3.67. The predicted octanol–water partition coefficient (Wildman–Crippen LogP) is 6.56. The molecule has 3 aromatic carbocycles. The van der Waals surface area contributed by atoms with Crippen molar-refractivity contribution < 1.29 is 4.74 Å². The van der Waals surface area contributed by atoms with E-state index in [0.717, 1.165) is 33.8 Å². The van der Waals surface area contributed by atoms with E-state index < -0.39 is 0 Å². The molecule has 1 aliphatic rings. The maximum atomic E-state index is 6.59. The van der Waals surface area contributed by atoms with Crippen molar-refractivity contribution in [1.82, 2.24) is 9.78 Å². The average Bonchev–Trinajstić information content (AvgIpc) is 3.20. The van der Waals surface area contributed by atoms with Crippen LogP contribution in [0.3, 0.4) is 0 Å². The number of rotatable bonds is 3. The van der Waals surface area contributed by atoms with Crippen LogP contribution in [0, 0.1) is 6.92 Å². The van der Waals surface area contributed by atoms with Gasteiger partial charge < -0.3 is 4.74 Å². The fourth-order valence-electron chi connectivity index (χ4n) is 3.56. The second-order valence-corrected chi connectivity index (χ2v) is 7.54. The van der Waals surface area contributed by atoms with Gasteiger partial charge in [-0.15, -0.1) is 0 Å². The zero-order chi connectivity index (χ0) is 19.8. The molecule has 5 rings (SSSR count). The Morgan fingerprint density at radius 3 is 2.41 bits per heavy atom. The summed E-state index contributed by atoms with van der Waals surface area (Å²) in [4.78, 5) is 0. The zero-order valence-corrected chi connectivity index (χ0v) is 16.7. The third-order valence-electron chi connectivity index (χ3n) is 5.09. The second kappa shape index (κ2) is 7.26. The molecule has 0 saturated heterocycles. The quantitative estimate of drug-likeness (QED) is 0.390. The Hall–Kier alpha value is -3.30. The van der Waals surface area contributed by atoms with Gasteiger partial charge in [-0.25, -0.2) is 4.68 Å². The van der Waals surface area contributed by atoms with Crippen molar-refractivity contribution in [2.45, 2.75) is 13.0 Å². The Labute approximate surface area is 174 Å². The topological polar surface area (TPSA) is 27.1 Å². The Bertz CT molecular complexity index is 1190. The largest absolute Gasteiger partial charge is 0.481 e. The van der Waals surface area contributed by atoms with Gasteiger partial charge in [0.2, 0.25) is 0 Å². The zero-order valence-electron chi connectivity index (χ0n) is 15.9. The number of nitrogens with zero attached hydrogens (tertiary/aromatic N) is 2. The number of fused-ring (bicyclic) bond motifs is 1. The number of para-hydroxylation sites is 2. The SMILES string of the molecule is Cc1ccc(-c2nn(-c3ccccc3)cc2C2C=C(Cl)c3ccccc3O2)cc1. The van der Waals surface area contributed by atoms with Crippen LogP contribution in [0.5, 0.6) is 5.75 Å². The van der Waals surface area contributed by atoms with Gasteiger partial charge in [-0.2, -0.15) is 5.10 Å². The summed E-state index contributed by atoms with van der Waals surface area (Å²) in [5, 5.41) is 5.59. The molecule has 2 heterocycles. The van der Waals surface area contributed by atoms with Crippen LogP contribution in [0.25, 0.3) is 22.0 Å². The van der Waals surface area contributed by atoms with E-state index in [0.29, 0.717) is 5.03 Å². The van der Waals surface area contributed by atoms with Crippen molar-refractivity contribution >= 4 is 16.6 Å². The number of ether oxygens (including phenoxy) is 1. The molecule has 0 N–H and O–H groups in total. The number of aromatic nitrogens is 2. The van der Waals surface area contributed by atoms with Crippen molar-refractivity contribution in [1.29, 1.82) is 0 Å². The van der Waals surface area contributed by atoms with E-state index >= 15 is 0 Å². The fraction of sp³-hybridized carbons (Fsp3) is 0.0800. The van der Waals surface area contributed by atoms with Crippen molar-refractivity contribution in [2.24, 2.45) is 0 Å². The summed E-state index contributed by atoms with van der Waals surface area (Å²) in [5.41, 5.74) is 6.04. The number of hydrogen-bond donors (Lipinski definition) is 0. The molecule has 0 aliphatic carbocycles. The molecule has 0 fully saturated rings. The van der Waals surface area contributed by atoms with Gasteiger partial charge in [0, 0.05) is 22.9 Å². The maximum absolute atomic E-state index is 6.59. The third-order valence-corrected chi connectivity index (χ3v) is 5.42. The number of hydrogen-bond acceptors (Lipinski definition) is 2. The Kier molecular flexibility index (Phi) is 4.45. The van der Waals surface area contributed by atoms with Crippen LogP contribution in [-0.4, -0.2) is 9.78 Å². The van der Waals surface area contributed by atoms with Crippen LogP contribution in [0.1, 0.15) is 22.8 Å². The van der Waals surface area contributed by atoms with Gasteiger partial charge in [-0.05, 0) is 37.3 Å². The molecule has 3 nitrogen and oxygen atoms in total.